The molecule has 1 aliphatic carbocycles. The van der Waals surface area contributed by atoms with Crippen molar-refractivity contribution in [2.45, 2.75) is 36.3 Å². The van der Waals surface area contributed by atoms with E-state index < -0.39 is 20.7 Å². The Balaban J connectivity index is 2.31. The van der Waals surface area contributed by atoms with Gasteiger partial charge in [0.25, 0.3) is 0 Å². The predicted molar refractivity (Wildman–Crippen MR) is 74.6 cm³/mol. The minimum absolute atomic E-state index is 0.0893. The molecular weight excluding hydrogens is 307 g/mol. The Labute approximate surface area is 122 Å². The van der Waals surface area contributed by atoms with Gasteiger partial charge in [-0.25, -0.2) is 17.5 Å². The average Bonchev–Trinajstić information content (AvgIpc) is 2.80. The molecule has 1 fully saturated rings. The van der Waals surface area contributed by atoms with Gasteiger partial charge in [-0.15, -0.1) is 0 Å². The molecule has 5 nitrogen and oxygen atoms in total. The van der Waals surface area contributed by atoms with Gasteiger partial charge in [-0.1, -0.05) is 11.6 Å². The number of hydrogen-bond donors (Lipinski definition) is 2. The van der Waals surface area contributed by atoms with Crippen LogP contribution in [0.5, 0.6) is 0 Å². The first kappa shape index (κ1) is 15.5. The number of ether oxygens (including phenoxy) is 1. The maximum atomic E-state index is 13.9. The molecule has 1 aromatic rings. The second-order valence-electron chi connectivity index (χ2n) is 4.75. The van der Waals surface area contributed by atoms with Gasteiger partial charge in [0.1, 0.15) is 4.90 Å². The zero-order valence-electron chi connectivity index (χ0n) is 10.9. The Morgan fingerprint density at radius 2 is 2.15 bits per heavy atom. The molecule has 2 rings (SSSR count). The van der Waals surface area contributed by atoms with Crippen molar-refractivity contribution in [2.24, 2.45) is 0 Å². The number of rotatable bonds is 4. The summed E-state index contributed by atoms with van der Waals surface area (Å²) in [6.07, 6.45) is 2.06. The minimum atomic E-state index is -4.03. The largest absolute Gasteiger partial charge is 0.399 e. The topological polar surface area (TPSA) is 81.4 Å². The number of nitrogens with two attached hydrogens (primary N) is 1. The number of sulfonamides is 1. The van der Waals surface area contributed by atoms with E-state index in [1.54, 1.807) is 0 Å². The molecule has 0 saturated heterocycles. The monoisotopic (exact) mass is 322 g/mol. The molecule has 0 aromatic heterocycles. The lowest BCUT2D eigenvalue weighted by Gasteiger charge is -2.20. The molecule has 1 aromatic carbocycles. The fourth-order valence-electron chi connectivity index (χ4n) is 2.39. The molecule has 1 saturated carbocycles. The number of nitrogen functional groups attached to an aromatic ring is 1. The molecule has 2 unspecified atom stereocenters. The summed E-state index contributed by atoms with van der Waals surface area (Å²) in [6, 6.07) is 1.86. The van der Waals surface area contributed by atoms with Crippen LogP contribution < -0.4 is 10.5 Å². The summed E-state index contributed by atoms with van der Waals surface area (Å²) in [4.78, 5) is -0.538. The van der Waals surface area contributed by atoms with E-state index in [4.69, 9.17) is 22.1 Å². The summed E-state index contributed by atoms with van der Waals surface area (Å²) < 4.78 is 46.1. The summed E-state index contributed by atoms with van der Waals surface area (Å²) in [5.41, 5.74) is 5.61. The maximum absolute atomic E-state index is 13.9. The van der Waals surface area contributed by atoms with Crippen molar-refractivity contribution in [2.75, 3.05) is 12.8 Å². The normalized spacial score (nSPS) is 23.1. The molecule has 0 heterocycles. The number of halogens is 2. The van der Waals surface area contributed by atoms with Gasteiger partial charge in [0.15, 0.2) is 5.82 Å². The number of anilines is 1. The van der Waals surface area contributed by atoms with Crippen LogP contribution in [0, 0.1) is 5.82 Å². The third kappa shape index (κ3) is 3.06. The number of benzene rings is 1. The molecule has 1 aliphatic rings. The van der Waals surface area contributed by atoms with Crippen LogP contribution in [0.15, 0.2) is 17.0 Å². The first-order valence-corrected chi connectivity index (χ1v) is 8.01. The average molecular weight is 323 g/mol. The van der Waals surface area contributed by atoms with E-state index in [1.165, 1.54) is 13.2 Å². The SMILES string of the molecule is COC1CCCC1NS(=O)(=O)c1cc(N)cc(Cl)c1F. The van der Waals surface area contributed by atoms with Crippen molar-refractivity contribution in [3.8, 4) is 0 Å². The van der Waals surface area contributed by atoms with Crippen LogP contribution in [-0.4, -0.2) is 27.7 Å². The molecule has 8 heteroatoms. The van der Waals surface area contributed by atoms with Crippen molar-refractivity contribution in [3.63, 3.8) is 0 Å². The van der Waals surface area contributed by atoms with Gasteiger partial charge < -0.3 is 10.5 Å². The zero-order chi connectivity index (χ0) is 14.9. The second-order valence-corrected chi connectivity index (χ2v) is 6.84. The van der Waals surface area contributed by atoms with Crippen molar-refractivity contribution in [3.05, 3.63) is 23.0 Å². The van der Waals surface area contributed by atoms with E-state index in [9.17, 15) is 12.8 Å². The van der Waals surface area contributed by atoms with E-state index >= 15 is 0 Å². The molecule has 20 heavy (non-hydrogen) atoms. The first-order chi connectivity index (χ1) is 9.35. The molecule has 0 amide bonds. The lowest BCUT2D eigenvalue weighted by Crippen LogP contribution is -2.40. The summed E-state index contributed by atoms with van der Waals surface area (Å²) in [5, 5.41) is -0.319. The molecule has 0 aliphatic heterocycles. The Morgan fingerprint density at radius 3 is 2.80 bits per heavy atom. The van der Waals surface area contributed by atoms with Crippen molar-refractivity contribution in [1.29, 1.82) is 0 Å². The van der Waals surface area contributed by atoms with Crippen LogP contribution >= 0.6 is 11.6 Å². The molecule has 2 atom stereocenters. The molecular formula is C12H16ClFN2O3S. The van der Waals surface area contributed by atoms with Crippen LogP contribution in [0.25, 0.3) is 0 Å². The van der Waals surface area contributed by atoms with Gasteiger partial charge >= 0.3 is 0 Å². The van der Waals surface area contributed by atoms with Crippen molar-refractivity contribution in [1.82, 2.24) is 4.72 Å². The second kappa shape index (κ2) is 5.85. The smallest absolute Gasteiger partial charge is 0.243 e. The van der Waals surface area contributed by atoms with Crippen LogP contribution in [0.4, 0.5) is 10.1 Å². The van der Waals surface area contributed by atoms with Crippen molar-refractivity contribution < 1.29 is 17.5 Å². The highest BCUT2D eigenvalue weighted by Crippen LogP contribution is 2.28. The van der Waals surface area contributed by atoms with Gasteiger partial charge in [-0.2, -0.15) is 0 Å². The first-order valence-electron chi connectivity index (χ1n) is 6.15. The quantitative estimate of drug-likeness (QED) is 0.830. The van der Waals surface area contributed by atoms with E-state index in [2.05, 4.69) is 4.72 Å². The Morgan fingerprint density at radius 1 is 1.45 bits per heavy atom. The summed E-state index contributed by atoms with van der Waals surface area (Å²) in [5.74, 6) is -1.000. The predicted octanol–water partition coefficient (Wildman–Crippen LogP) is 1.91. The zero-order valence-corrected chi connectivity index (χ0v) is 12.5. The maximum Gasteiger partial charge on any atom is 0.243 e. The fourth-order valence-corrected chi connectivity index (χ4v) is 4.10. The third-order valence-corrected chi connectivity index (χ3v) is 5.13. The van der Waals surface area contributed by atoms with Gasteiger partial charge in [0.2, 0.25) is 10.0 Å². The Hall–Kier alpha value is -0.890. The minimum Gasteiger partial charge on any atom is -0.399 e. The molecule has 112 valence electrons. The van der Waals surface area contributed by atoms with E-state index in [0.29, 0.717) is 6.42 Å². The van der Waals surface area contributed by atoms with Gasteiger partial charge in [-0.05, 0) is 31.4 Å². The highest BCUT2D eigenvalue weighted by Gasteiger charge is 2.32. The van der Waals surface area contributed by atoms with Crippen LogP contribution in [-0.2, 0) is 14.8 Å². The Bertz CT molecular complexity index is 609. The number of methoxy groups -OCH3 is 1. The van der Waals surface area contributed by atoms with Gasteiger partial charge in [0, 0.05) is 18.8 Å². The lowest BCUT2D eigenvalue weighted by molar-refractivity contribution is 0.0916. The highest BCUT2D eigenvalue weighted by atomic mass is 35.5. The summed E-state index contributed by atoms with van der Waals surface area (Å²) in [7, 11) is -2.51. The lowest BCUT2D eigenvalue weighted by atomic mass is 10.2. The molecule has 3 N–H and O–H groups in total. The Kier molecular flexibility index (Phi) is 4.53. The third-order valence-electron chi connectivity index (χ3n) is 3.37. The van der Waals surface area contributed by atoms with E-state index in [-0.39, 0.29) is 22.9 Å². The summed E-state index contributed by atoms with van der Waals surface area (Å²) in [6.45, 7) is 0. The molecule has 0 radical (unpaired) electrons. The van der Waals surface area contributed by atoms with Crippen LogP contribution in [0.1, 0.15) is 19.3 Å². The fraction of sp³-hybridized carbons (Fsp3) is 0.500. The number of nitrogens with one attached hydrogen (secondary N) is 1. The summed E-state index contributed by atoms with van der Waals surface area (Å²) >= 11 is 5.63. The van der Waals surface area contributed by atoms with Crippen LogP contribution in [0.3, 0.4) is 0 Å². The molecule has 0 bridgehead atoms. The standard InChI is InChI=1S/C12H16ClFN2O3S/c1-19-10-4-2-3-9(10)16-20(17,18)11-6-7(15)5-8(13)12(11)14/h5-6,9-10,16H,2-4,15H2,1H3. The molecule has 0 spiro atoms. The van der Waals surface area contributed by atoms with Crippen LogP contribution in [0.2, 0.25) is 5.02 Å². The van der Waals surface area contributed by atoms with E-state index in [1.807, 2.05) is 0 Å². The van der Waals surface area contributed by atoms with E-state index in [0.717, 1.165) is 18.9 Å². The number of hydrogen-bond acceptors (Lipinski definition) is 4. The van der Waals surface area contributed by atoms with Crippen molar-refractivity contribution >= 4 is 27.3 Å². The van der Waals surface area contributed by atoms with Gasteiger partial charge in [-0.3, -0.25) is 0 Å². The van der Waals surface area contributed by atoms with Gasteiger partial charge in [0.05, 0.1) is 11.1 Å². The highest BCUT2D eigenvalue weighted by molar-refractivity contribution is 7.89.